The highest BCUT2D eigenvalue weighted by atomic mass is 16.2. The Morgan fingerprint density at radius 2 is 1.90 bits per heavy atom. The minimum Gasteiger partial charge on any atom is -0.339 e. The van der Waals surface area contributed by atoms with E-state index in [1.807, 2.05) is 4.90 Å². The first-order valence-electron chi connectivity index (χ1n) is 7.93. The van der Waals surface area contributed by atoms with Gasteiger partial charge in [-0.15, -0.1) is 0 Å². The monoisotopic (exact) mass is 289 g/mol. The standard InChI is InChI=1S/C17H27N3O/c1-3-6-16(18)17(21)20-11-9-19(10-12-20)13-15-8-5-4-7-14(15)2/h4-5,7-8,16H,3,6,9-13,18H2,1-2H3. The van der Waals surface area contributed by atoms with Crippen molar-refractivity contribution < 1.29 is 4.79 Å². The number of hydrogen-bond acceptors (Lipinski definition) is 3. The molecule has 0 radical (unpaired) electrons. The third-order valence-corrected chi connectivity index (χ3v) is 4.26. The fraction of sp³-hybridized carbons (Fsp3) is 0.588. The summed E-state index contributed by atoms with van der Waals surface area (Å²) < 4.78 is 0. The number of aryl methyl sites for hydroxylation is 1. The molecular weight excluding hydrogens is 262 g/mol. The molecule has 4 heteroatoms. The van der Waals surface area contributed by atoms with Crippen molar-refractivity contribution in [3.63, 3.8) is 0 Å². The smallest absolute Gasteiger partial charge is 0.239 e. The number of nitrogens with zero attached hydrogens (tertiary/aromatic N) is 2. The van der Waals surface area contributed by atoms with Crippen LogP contribution in [0.3, 0.4) is 0 Å². The van der Waals surface area contributed by atoms with Crippen molar-refractivity contribution >= 4 is 5.91 Å². The minimum absolute atomic E-state index is 0.118. The average molecular weight is 289 g/mol. The Morgan fingerprint density at radius 3 is 2.52 bits per heavy atom. The molecule has 21 heavy (non-hydrogen) atoms. The second kappa shape index (κ2) is 7.57. The van der Waals surface area contributed by atoms with Crippen LogP contribution in [0.5, 0.6) is 0 Å². The zero-order valence-electron chi connectivity index (χ0n) is 13.2. The first-order chi connectivity index (χ1) is 10.1. The molecule has 1 saturated heterocycles. The van der Waals surface area contributed by atoms with Crippen LogP contribution in [-0.4, -0.2) is 47.9 Å². The molecule has 1 fully saturated rings. The summed E-state index contributed by atoms with van der Waals surface area (Å²) in [5.41, 5.74) is 8.64. The van der Waals surface area contributed by atoms with Crippen LogP contribution < -0.4 is 5.73 Å². The molecule has 1 aliphatic heterocycles. The Kier molecular flexibility index (Phi) is 5.76. The van der Waals surface area contributed by atoms with Crippen molar-refractivity contribution in [2.24, 2.45) is 5.73 Å². The van der Waals surface area contributed by atoms with Crippen molar-refractivity contribution in [1.82, 2.24) is 9.80 Å². The van der Waals surface area contributed by atoms with Gasteiger partial charge in [0.15, 0.2) is 0 Å². The van der Waals surface area contributed by atoms with E-state index in [0.717, 1.165) is 45.6 Å². The van der Waals surface area contributed by atoms with Gasteiger partial charge in [0.25, 0.3) is 0 Å². The maximum absolute atomic E-state index is 12.2. The molecule has 1 heterocycles. The second-order valence-corrected chi connectivity index (χ2v) is 5.92. The fourth-order valence-corrected chi connectivity index (χ4v) is 2.82. The molecule has 4 nitrogen and oxygen atoms in total. The number of benzene rings is 1. The van der Waals surface area contributed by atoms with Gasteiger partial charge in [-0.05, 0) is 24.5 Å². The molecule has 1 aromatic carbocycles. The van der Waals surface area contributed by atoms with E-state index in [2.05, 4.69) is 43.0 Å². The lowest BCUT2D eigenvalue weighted by atomic mass is 10.1. The maximum atomic E-state index is 12.2. The number of carbonyl (C=O) groups is 1. The van der Waals surface area contributed by atoms with Crippen molar-refractivity contribution in [2.45, 2.75) is 39.3 Å². The lowest BCUT2D eigenvalue weighted by Gasteiger charge is -2.36. The summed E-state index contributed by atoms with van der Waals surface area (Å²) in [6.45, 7) is 8.63. The summed E-state index contributed by atoms with van der Waals surface area (Å²) >= 11 is 0. The van der Waals surface area contributed by atoms with E-state index in [-0.39, 0.29) is 11.9 Å². The Morgan fingerprint density at radius 1 is 1.24 bits per heavy atom. The lowest BCUT2D eigenvalue weighted by Crippen LogP contribution is -2.52. The molecule has 2 rings (SSSR count). The quantitative estimate of drug-likeness (QED) is 0.898. The summed E-state index contributed by atoms with van der Waals surface area (Å²) in [4.78, 5) is 16.5. The Labute approximate surface area is 127 Å². The number of piperazine rings is 1. The highest BCUT2D eigenvalue weighted by Gasteiger charge is 2.24. The number of amides is 1. The third-order valence-electron chi connectivity index (χ3n) is 4.26. The van der Waals surface area contributed by atoms with Crippen molar-refractivity contribution in [3.05, 3.63) is 35.4 Å². The molecule has 1 atom stereocenters. The van der Waals surface area contributed by atoms with Gasteiger partial charge in [-0.3, -0.25) is 9.69 Å². The third kappa shape index (κ3) is 4.29. The predicted octanol–water partition coefficient (Wildman–Crippen LogP) is 1.77. The van der Waals surface area contributed by atoms with Crippen LogP contribution >= 0.6 is 0 Å². The summed E-state index contributed by atoms with van der Waals surface area (Å²) in [6.07, 6.45) is 1.74. The highest BCUT2D eigenvalue weighted by Crippen LogP contribution is 2.13. The first-order valence-corrected chi connectivity index (χ1v) is 7.93. The minimum atomic E-state index is -0.321. The van der Waals surface area contributed by atoms with Crippen molar-refractivity contribution in [3.8, 4) is 0 Å². The number of carbonyl (C=O) groups excluding carboxylic acids is 1. The van der Waals surface area contributed by atoms with E-state index >= 15 is 0 Å². The Bertz CT molecular complexity index is 467. The van der Waals surface area contributed by atoms with Crippen LogP contribution in [0.2, 0.25) is 0 Å². The molecule has 1 unspecified atom stereocenters. The van der Waals surface area contributed by atoms with Gasteiger partial charge in [0.1, 0.15) is 0 Å². The molecule has 0 aliphatic carbocycles. The van der Waals surface area contributed by atoms with Crippen LogP contribution in [-0.2, 0) is 11.3 Å². The topological polar surface area (TPSA) is 49.6 Å². The van der Waals surface area contributed by atoms with Crippen LogP contribution in [0.15, 0.2) is 24.3 Å². The van der Waals surface area contributed by atoms with E-state index in [1.165, 1.54) is 11.1 Å². The molecule has 1 aromatic rings. The summed E-state index contributed by atoms with van der Waals surface area (Å²) in [7, 11) is 0. The fourth-order valence-electron chi connectivity index (χ4n) is 2.82. The van der Waals surface area contributed by atoms with Gasteiger partial charge < -0.3 is 10.6 Å². The predicted molar refractivity (Wildman–Crippen MR) is 85.9 cm³/mol. The van der Waals surface area contributed by atoms with Crippen LogP contribution in [0.25, 0.3) is 0 Å². The number of rotatable bonds is 5. The van der Waals surface area contributed by atoms with Gasteiger partial charge in [-0.25, -0.2) is 0 Å². The Balaban J connectivity index is 1.83. The van der Waals surface area contributed by atoms with Crippen molar-refractivity contribution in [2.75, 3.05) is 26.2 Å². The number of nitrogens with two attached hydrogens (primary N) is 1. The van der Waals surface area contributed by atoms with Gasteiger partial charge in [0.2, 0.25) is 5.91 Å². The SMILES string of the molecule is CCCC(N)C(=O)N1CCN(Cc2ccccc2C)CC1. The van der Waals surface area contributed by atoms with E-state index in [1.54, 1.807) is 0 Å². The van der Waals surface area contributed by atoms with E-state index in [4.69, 9.17) is 5.73 Å². The average Bonchev–Trinajstić information content (AvgIpc) is 2.50. The van der Waals surface area contributed by atoms with Gasteiger partial charge in [0.05, 0.1) is 6.04 Å². The first kappa shape index (κ1) is 16.0. The summed E-state index contributed by atoms with van der Waals surface area (Å²) in [6, 6.07) is 8.18. The second-order valence-electron chi connectivity index (χ2n) is 5.92. The molecule has 2 N–H and O–H groups in total. The van der Waals surface area contributed by atoms with E-state index < -0.39 is 0 Å². The molecule has 0 bridgehead atoms. The van der Waals surface area contributed by atoms with Gasteiger partial charge >= 0.3 is 0 Å². The van der Waals surface area contributed by atoms with Crippen LogP contribution in [0.1, 0.15) is 30.9 Å². The lowest BCUT2D eigenvalue weighted by molar-refractivity contribution is -0.134. The van der Waals surface area contributed by atoms with Gasteiger partial charge in [-0.1, -0.05) is 37.6 Å². The Hall–Kier alpha value is -1.39. The zero-order valence-corrected chi connectivity index (χ0v) is 13.2. The highest BCUT2D eigenvalue weighted by molar-refractivity contribution is 5.81. The molecule has 1 amide bonds. The summed E-state index contributed by atoms with van der Waals surface area (Å²) in [5, 5.41) is 0. The summed E-state index contributed by atoms with van der Waals surface area (Å²) in [5.74, 6) is 0.118. The molecule has 116 valence electrons. The normalized spacial score (nSPS) is 17.8. The van der Waals surface area contributed by atoms with Crippen molar-refractivity contribution in [1.29, 1.82) is 0 Å². The maximum Gasteiger partial charge on any atom is 0.239 e. The van der Waals surface area contributed by atoms with Gasteiger partial charge in [-0.2, -0.15) is 0 Å². The van der Waals surface area contributed by atoms with Crippen LogP contribution in [0.4, 0.5) is 0 Å². The molecule has 1 aliphatic rings. The van der Waals surface area contributed by atoms with E-state index in [0.29, 0.717) is 0 Å². The van der Waals surface area contributed by atoms with Gasteiger partial charge in [0, 0.05) is 32.7 Å². The van der Waals surface area contributed by atoms with E-state index in [9.17, 15) is 4.79 Å². The largest absolute Gasteiger partial charge is 0.339 e. The number of hydrogen-bond donors (Lipinski definition) is 1. The molecule has 0 saturated carbocycles. The molecular formula is C17H27N3O. The molecule has 0 aromatic heterocycles. The zero-order chi connectivity index (χ0) is 15.2. The molecule has 0 spiro atoms. The van der Waals surface area contributed by atoms with Crippen LogP contribution in [0, 0.1) is 6.92 Å².